The maximum absolute atomic E-state index is 13.3. The van der Waals surface area contributed by atoms with Crippen LogP contribution in [0.25, 0.3) is 0 Å². The Bertz CT molecular complexity index is 857. The molecule has 1 aliphatic carbocycles. The fourth-order valence-electron chi connectivity index (χ4n) is 5.02. The van der Waals surface area contributed by atoms with E-state index in [0.29, 0.717) is 18.4 Å². The summed E-state index contributed by atoms with van der Waals surface area (Å²) in [6.45, 7) is 9.74. The highest BCUT2D eigenvalue weighted by Gasteiger charge is 2.44. The van der Waals surface area contributed by atoms with Crippen LogP contribution in [0.4, 0.5) is 0 Å². The first kappa shape index (κ1) is 25.6. The van der Waals surface area contributed by atoms with Crippen LogP contribution < -0.4 is 10.6 Å². The normalized spacial score (nSPS) is 26.7. The number of carbonyl (C=O) groups excluding carboxylic acids is 3. The lowest BCUT2D eigenvalue weighted by atomic mass is 9.81. The predicted molar refractivity (Wildman–Crippen MR) is 128 cm³/mol. The third-order valence-corrected chi connectivity index (χ3v) is 7.98. The molecule has 0 spiro atoms. The fraction of sp³-hybridized carbons (Fsp3) is 0.750. The summed E-state index contributed by atoms with van der Waals surface area (Å²) in [4.78, 5) is 45.2. The molecular weight excluding hydrogens is 440 g/mol. The van der Waals surface area contributed by atoms with Gasteiger partial charge in [-0.3, -0.25) is 14.4 Å². The van der Waals surface area contributed by atoms with Gasteiger partial charge in [0.1, 0.15) is 12.1 Å². The van der Waals surface area contributed by atoms with Gasteiger partial charge in [-0.05, 0) is 49.9 Å². The van der Waals surface area contributed by atoms with E-state index in [9.17, 15) is 19.5 Å². The molecule has 3 atom stereocenters. The number of aliphatic hydroxyl groups excluding tert-OH is 1. The maximum Gasteiger partial charge on any atom is 0.246 e. The summed E-state index contributed by atoms with van der Waals surface area (Å²) in [5.41, 5.74) is 2.52. The molecule has 33 heavy (non-hydrogen) atoms. The monoisotopic (exact) mass is 478 g/mol. The Labute approximate surface area is 200 Å². The molecule has 1 aromatic heterocycles. The van der Waals surface area contributed by atoms with Crippen LogP contribution in [0.3, 0.4) is 0 Å². The average Bonchev–Trinajstić information content (AvgIpc) is 3.35. The van der Waals surface area contributed by atoms with Crippen molar-refractivity contribution in [2.75, 3.05) is 13.1 Å². The number of amides is 3. The summed E-state index contributed by atoms with van der Waals surface area (Å²) >= 11 is 1.73. The van der Waals surface area contributed by atoms with E-state index < -0.39 is 23.6 Å². The van der Waals surface area contributed by atoms with Gasteiger partial charge in [0.15, 0.2) is 0 Å². The van der Waals surface area contributed by atoms with Crippen molar-refractivity contribution in [3.63, 3.8) is 0 Å². The first-order chi connectivity index (χ1) is 15.5. The van der Waals surface area contributed by atoms with E-state index >= 15 is 0 Å². The topological polar surface area (TPSA) is 112 Å². The Balaban J connectivity index is 1.56. The third-order valence-electron chi connectivity index (χ3n) is 6.89. The van der Waals surface area contributed by atoms with Crippen molar-refractivity contribution < 1.29 is 19.5 Å². The second-order valence-electron chi connectivity index (χ2n) is 10.7. The molecule has 0 aromatic carbocycles. The molecule has 3 amide bonds. The zero-order chi connectivity index (χ0) is 24.3. The van der Waals surface area contributed by atoms with Crippen molar-refractivity contribution in [3.8, 4) is 0 Å². The third kappa shape index (κ3) is 6.32. The number of β-amino-alcohol motifs (C(OH)–C–C–N with tert-alkyl or cyclic N) is 1. The summed E-state index contributed by atoms with van der Waals surface area (Å²) in [5, 5.41) is 16.0. The van der Waals surface area contributed by atoms with Gasteiger partial charge in [0.2, 0.25) is 17.7 Å². The van der Waals surface area contributed by atoms with Crippen LogP contribution in [0, 0.1) is 18.3 Å². The van der Waals surface area contributed by atoms with Crippen LogP contribution in [0.2, 0.25) is 0 Å². The molecule has 3 rings (SSSR count). The first-order valence-corrected chi connectivity index (χ1v) is 12.8. The number of thiazole rings is 1. The zero-order valence-corrected chi connectivity index (χ0v) is 21.2. The molecule has 1 unspecified atom stereocenters. The van der Waals surface area contributed by atoms with E-state index in [1.54, 1.807) is 11.3 Å². The molecular formula is C24H38N4O4S. The van der Waals surface area contributed by atoms with Crippen LogP contribution in [0.5, 0.6) is 0 Å². The molecule has 2 aliphatic rings. The zero-order valence-electron chi connectivity index (χ0n) is 20.4. The molecule has 3 N–H and O–H groups in total. The van der Waals surface area contributed by atoms with Gasteiger partial charge in [-0.1, -0.05) is 20.8 Å². The van der Waals surface area contributed by atoms with Gasteiger partial charge in [-0.15, -0.1) is 11.3 Å². The lowest BCUT2D eigenvalue weighted by Crippen LogP contribution is -2.57. The second kappa shape index (κ2) is 10.5. The van der Waals surface area contributed by atoms with Crippen molar-refractivity contribution in [2.24, 2.45) is 11.3 Å². The number of nitrogens with one attached hydrogen (secondary N) is 2. The number of hydrogen-bond donors (Lipinski definition) is 3. The van der Waals surface area contributed by atoms with Gasteiger partial charge in [-0.25, -0.2) is 4.98 Å². The minimum absolute atomic E-state index is 0.0996. The van der Waals surface area contributed by atoms with Crippen LogP contribution in [0.1, 0.15) is 76.3 Å². The number of hydrogen-bond acceptors (Lipinski definition) is 6. The number of nitrogens with zero attached hydrogens (tertiary/aromatic N) is 2. The lowest BCUT2D eigenvalue weighted by molar-refractivity contribution is -0.143. The fourth-order valence-corrected chi connectivity index (χ4v) is 5.99. The number of carbonyl (C=O) groups is 3. The van der Waals surface area contributed by atoms with Crippen molar-refractivity contribution in [1.29, 1.82) is 0 Å². The van der Waals surface area contributed by atoms with Gasteiger partial charge in [0.05, 0.1) is 17.3 Å². The highest BCUT2D eigenvalue weighted by Crippen LogP contribution is 2.38. The van der Waals surface area contributed by atoms with Gasteiger partial charge in [0.25, 0.3) is 0 Å². The van der Waals surface area contributed by atoms with Gasteiger partial charge >= 0.3 is 0 Å². The Hall–Kier alpha value is -2.00. The highest BCUT2D eigenvalue weighted by atomic mass is 32.1. The second-order valence-corrected chi connectivity index (χ2v) is 11.5. The van der Waals surface area contributed by atoms with E-state index in [1.165, 1.54) is 16.7 Å². The van der Waals surface area contributed by atoms with Crippen molar-refractivity contribution in [2.45, 2.75) is 90.8 Å². The summed E-state index contributed by atoms with van der Waals surface area (Å²) in [6, 6.07) is -1.48. The summed E-state index contributed by atoms with van der Waals surface area (Å²) < 4.78 is 0. The highest BCUT2D eigenvalue weighted by molar-refractivity contribution is 7.09. The average molecular weight is 479 g/mol. The molecule has 1 aliphatic heterocycles. The molecule has 2 fully saturated rings. The Morgan fingerprint density at radius 2 is 1.91 bits per heavy atom. The van der Waals surface area contributed by atoms with E-state index in [1.807, 2.05) is 26.3 Å². The van der Waals surface area contributed by atoms with Crippen LogP contribution in [-0.2, 0) is 14.4 Å². The van der Waals surface area contributed by atoms with E-state index in [-0.39, 0.29) is 30.7 Å². The molecule has 1 aromatic rings. The predicted octanol–water partition coefficient (Wildman–Crippen LogP) is 2.35. The SMILES string of the molecule is CC(=O)NC(C(=O)N1C[C@H](O)C[C@H]1C(=O)NCC1CCC(c2scnc2C)CC1)C(C)(C)C. The lowest BCUT2D eigenvalue weighted by Gasteiger charge is -2.35. The number of aliphatic hydroxyl groups is 1. The van der Waals surface area contributed by atoms with Crippen molar-refractivity contribution >= 4 is 29.1 Å². The van der Waals surface area contributed by atoms with Crippen molar-refractivity contribution in [1.82, 2.24) is 20.5 Å². The first-order valence-electron chi connectivity index (χ1n) is 11.9. The standard InChI is InChI=1S/C24H38N4O4S/c1-14-20(33-13-26-14)17-8-6-16(7-9-17)11-25-22(31)19-10-18(30)12-28(19)23(32)21(24(3,4)5)27-15(2)29/h13,16-19,21,30H,6-12H2,1-5H3,(H,25,31)(H,27,29)/t16?,17?,18-,19+,21?/m1/s1. The summed E-state index contributed by atoms with van der Waals surface area (Å²) in [5.74, 6) is 0.125. The smallest absolute Gasteiger partial charge is 0.246 e. The molecule has 8 nitrogen and oxygen atoms in total. The molecule has 0 radical (unpaired) electrons. The quantitative estimate of drug-likeness (QED) is 0.581. The van der Waals surface area contributed by atoms with E-state index in [2.05, 4.69) is 22.5 Å². The van der Waals surface area contributed by atoms with Gasteiger partial charge < -0.3 is 20.6 Å². The summed E-state index contributed by atoms with van der Waals surface area (Å²) in [7, 11) is 0. The molecule has 184 valence electrons. The molecule has 0 bridgehead atoms. The van der Waals surface area contributed by atoms with Crippen LogP contribution in [0.15, 0.2) is 5.51 Å². The molecule has 9 heteroatoms. The Kier molecular flexibility index (Phi) is 8.16. The van der Waals surface area contributed by atoms with E-state index in [0.717, 1.165) is 31.4 Å². The maximum atomic E-state index is 13.3. The minimum Gasteiger partial charge on any atom is -0.391 e. The Morgan fingerprint density at radius 1 is 1.24 bits per heavy atom. The van der Waals surface area contributed by atoms with Gasteiger partial charge in [0, 0.05) is 31.3 Å². The Morgan fingerprint density at radius 3 is 2.45 bits per heavy atom. The minimum atomic E-state index is -0.763. The van der Waals surface area contributed by atoms with Gasteiger partial charge in [-0.2, -0.15) is 0 Å². The molecule has 1 saturated heterocycles. The number of aryl methyl sites for hydroxylation is 1. The van der Waals surface area contributed by atoms with Crippen LogP contribution >= 0.6 is 11.3 Å². The molecule has 1 saturated carbocycles. The van der Waals surface area contributed by atoms with Crippen molar-refractivity contribution in [3.05, 3.63) is 16.1 Å². The summed E-state index contributed by atoms with van der Waals surface area (Å²) in [6.07, 6.45) is 3.76. The van der Waals surface area contributed by atoms with Crippen LogP contribution in [-0.4, -0.2) is 64.0 Å². The number of aromatic nitrogens is 1. The van der Waals surface area contributed by atoms with E-state index in [4.69, 9.17) is 0 Å². The largest absolute Gasteiger partial charge is 0.391 e. The molecule has 2 heterocycles. The number of rotatable bonds is 6. The number of likely N-dealkylation sites (tertiary alicyclic amines) is 1.